The summed E-state index contributed by atoms with van der Waals surface area (Å²) in [5.41, 5.74) is 0.0522. The maximum Gasteiger partial charge on any atom is 0.227 e. The first-order valence-corrected chi connectivity index (χ1v) is 5.46. The van der Waals surface area contributed by atoms with Crippen molar-refractivity contribution in [2.75, 3.05) is 13.1 Å². The molecule has 0 aliphatic carbocycles. The fraction of sp³-hybridized carbons (Fsp3) is 0.417. The summed E-state index contributed by atoms with van der Waals surface area (Å²) in [6, 6.07) is 3.78. The average molecular weight is 241 g/mol. The molecule has 1 aliphatic rings. The van der Waals surface area contributed by atoms with Gasteiger partial charge in [0.2, 0.25) is 5.91 Å². The second-order valence-corrected chi connectivity index (χ2v) is 4.17. The van der Waals surface area contributed by atoms with Crippen LogP contribution in [0.4, 0.5) is 8.78 Å². The molecule has 1 heterocycles. The van der Waals surface area contributed by atoms with Crippen LogP contribution in [0.25, 0.3) is 0 Å². The molecule has 2 rings (SSSR count). The fourth-order valence-corrected chi connectivity index (χ4v) is 1.93. The number of hydrogen-bond acceptors (Lipinski definition) is 2. The van der Waals surface area contributed by atoms with Crippen molar-refractivity contribution < 1.29 is 18.7 Å². The van der Waals surface area contributed by atoms with Crippen LogP contribution in [0.2, 0.25) is 0 Å². The average Bonchev–Trinajstić information content (AvgIpc) is 2.72. The molecule has 1 N–H and O–H groups in total. The largest absolute Gasteiger partial charge is 0.391 e. The predicted octanol–water partition coefficient (Wildman–Crippen LogP) is 1.10. The summed E-state index contributed by atoms with van der Waals surface area (Å²) in [6.45, 7) is 0.743. The van der Waals surface area contributed by atoms with Gasteiger partial charge in [0.1, 0.15) is 0 Å². The number of amides is 1. The molecule has 17 heavy (non-hydrogen) atoms. The molecular formula is C12H13F2NO2. The van der Waals surface area contributed by atoms with Crippen molar-refractivity contribution >= 4 is 5.91 Å². The van der Waals surface area contributed by atoms with E-state index in [0.29, 0.717) is 13.0 Å². The van der Waals surface area contributed by atoms with Gasteiger partial charge in [0.15, 0.2) is 11.6 Å². The normalized spacial score (nSPS) is 19.7. The van der Waals surface area contributed by atoms with Crippen LogP contribution in [-0.2, 0) is 11.2 Å². The van der Waals surface area contributed by atoms with Crippen molar-refractivity contribution in [3.05, 3.63) is 35.4 Å². The van der Waals surface area contributed by atoms with Crippen molar-refractivity contribution in [3.63, 3.8) is 0 Å². The lowest BCUT2D eigenvalue weighted by atomic mass is 10.1. The van der Waals surface area contributed by atoms with Gasteiger partial charge < -0.3 is 10.0 Å². The van der Waals surface area contributed by atoms with E-state index in [1.54, 1.807) is 0 Å². The zero-order chi connectivity index (χ0) is 12.4. The van der Waals surface area contributed by atoms with E-state index in [0.717, 1.165) is 6.07 Å². The minimum absolute atomic E-state index is 0.0522. The Kier molecular flexibility index (Phi) is 3.38. The lowest BCUT2D eigenvalue weighted by Crippen LogP contribution is -2.31. The monoisotopic (exact) mass is 241 g/mol. The molecule has 0 bridgehead atoms. The third-order valence-electron chi connectivity index (χ3n) is 2.89. The van der Waals surface area contributed by atoms with Crippen molar-refractivity contribution in [2.24, 2.45) is 0 Å². The van der Waals surface area contributed by atoms with Crippen LogP contribution in [0, 0.1) is 11.6 Å². The molecule has 0 spiro atoms. The van der Waals surface area contributed by atoms with E-state index in [-0.39, 0.29) is 24.4 Å². The molecule has 92 valence electrons. The maximum absolute atomic E-state index is 13.3. The third-order valence-corrected chi connectivity index (χ3v) is 2.89. The first kappa shape index (κ1) is 12.0. The first-order valence-electron chi connectivity index (χ1n) is 5.46. The molecule has 3 nitrogen and oxygen atoms in total. The Bertz CT molecular complexity index is 437. The molecule has 1 saturated heterocycles. The van der Waals surface area contributed by atoms with E-state index in [1.807, 2.05) is 0 Å². The molecule has 1 amide bonds. The summed E-state index contributed by atoms with van der Waals surface area (Å²) >= 11 is 0. The number of likely N-dealkylation sites (tertiary alicyclic amines) is 1. The first-order chi connectivity index (χ1) is 8.08. The van der Waals surface area contributed by atoms with Gasteiger partial charge in [-0.2, -0.15) is 0 Å². The van der Waals surface area contributed by atoms with Crippen molar-refractivity contribution in [3.8, 4) is 0 Å². The summed E-state index contributed by atoms with van der Waals surface area (Å²) in [7, 11) is 0. The molecule has 0 radical (unpaired) electrons. The molecule has 1 unspecified atom stereocenters. The van der Waals surface area contributed by atoms with Gasteiger partial charge in [-0.1, -0.05) is 12.1 Å². The van der Waals surface area contributed by atoms with E-state index >= 15 is 0 Å². The highest BCUT2D eigenvalue weighted by Gasteiger charge is 2.25. The molecule has 5 heteroatoms. The van der Waals surface area contributed by atoms with Gasteiger partial charge >= 0.3 is 0 Å². The van der Waals surface area contributed by atoms with E-state index in [9.17, 15) is 18.7 Å². The Labute approximate surface area is 97.7 Å². The highest BCUT2D eigenvalue weighted by Crippen LogP contribution is 2.15. The number of carbonyl (C=O) groups is 1. The molecular weight excluding hydrogens is 228 g/mol. The van der Waals surface area contributed by atoms with Crippen molar-refractivity contribution in [2.45, 2.75) is 18.9 Å². The van der Waals surface area contributed by atoms with Gasteiger partial charge in [-0.15, -0.1) is 0 Å². The van der Waals surface area contributed by atoms with Crippen LogP contribution in [-0.4, -0.2) is 35.1 Å². The molecule has 0 aromatic heterocycles. The van der Waals surface area contributed by atoms with Gasteiger partial charge in [-0.3, -0.25) is 4.79 Å². The highest BCUT2D eigenvalue weighted by molar-refractivity contribution is 5.79. The van der Waals surface area contributed by atoms with Gasteiger partial charge in [0.25, 0.3) is 0 Å². The van der Waals surface area contributed by atoms with E-state index in [4.69, 9.17) is 0 Å². The van der Waals surface area contributed by atoms with E-state index < -0.39 is 17.7 Å². The second-order valence-electron chi connectivity index (χ2n) is 4.17. The number of hydrogen-bond donors (Lipinski definition) is 1. The summed E-state index contributed by atoms with van der Waals surface area (Å²) in [5, 5.41) is 9.29. The smallest absolute Gasteiger partial charge is 0.227 e. The van der Waals surface area contributed by atoms with Crippen molar-refractivity contribution in [1.82, 2.24) is 4.90 Å². The van der Waals surface area contributed by atoms with Crippen LogP contribution in [0.5, 0.6) is 0 Å². The second kappa shape index (κ2) is 4.79. The Morgan fingerprint density at radius 1 is 1.47 bits per heavy atom. The minimum atomic E-state index is -0.972. The fourth-order valence-electron chi connectivity index (χ4n) is 1.93. The lowest BCUT2D eigenvalue weighted by molar-refractivity contribution is -0.129. The third kappa shape index (κ3) is 2.61. The van der Waals surface area contributed by atoms with Gasteiger partial charge in [-0.25, -0.2) is 8.78 Å². The quantitative estimate of drug-likeness (QED) is 0.842. The Hall–Kier alpha value is -1.49. The number of benzene rings is 1. The predicted molar refractivity (Wildman–Crippen MR) is 57.3 cm³/mol. The Morgan fingerprint density at radius 3 is 2.88 bits per heavy atom. The molecule has 1 fully saturated rings. The number of carbonyl (C=O) groups excluding carboxylic acids is 1. The maximum atomic E-state index is 13.3. The molecule has 1 aromatic carbocycles. The number of β-amino-alcohol motifs (C(OH)–C–C–N with tert-alkyl or cyclic N) is 1. The standard InChI is InChI=1S/C12H13F2NO2/c13-10-3-1-2-8(12(10)14)6-11(17)15-5-4-9(16)7-15/h1-3,9,16H,4-7H2. The van der Waals surface area contributed by atoms with Crippen LogP contribution in [0.3, 0.4) is 0 Å². The zero-order valence-corrected chi connectivity index (χ0v) is 9.20. The van der Waals surface area contributed by atoms with Gasteiger partial charge in [0, 0.05) is 18.7 Å². The van der Waals surface area contributed by atoms with E-state index in [1.165, 1.54) is 17.0 Å². The lowest BCUT2D eigenvalue weighted by Gasteiger charge is -2.15. The molecule has 1 aromatic rings. The van der Waals surface area contributed by atoms with Crippen LogP contribution in [0.15, 0.2) is 18.2 Å². The number of halogens is 2. The van der Waals surface area contributed by atoms with E-state index in [2.05, 4.69) is 0 Å². The summed E-state index contributed by atoms with van der Waals surface area (Å²) < 4.78 is 26.3. The number of rotatable bonds is 2. The van der Waals surface area contributed by atoms with Gasteiger partial charge in [0.05, 0.1) is 12.5 Å². The molecule has 0 saturated carbocycles. The number of aliphatic hydroxyl groups excluding tert-OH is 1. The van der Waals surface area contributed by atoms with Gasteiger partial charge in [-0.05, 0) is 12.5 Å². The summed E-state index contributed by atoms with van der Waals surface area (Å²) in [6.07, 6.45) is -0.135. The SMILES string of the molecule is O=C(Cc1cccc(F)c1F)N1CCC(O)C1. The zero-order valence-electron chi connectivity index (χ0n) is 9.20. The Balaban J connectivity index is 2.06. The molecule has 1 aliphatic heterocycles. The minimum Gasteiger partial charge on any atom is -0.391 e. The Morgan fingerprint density at radius 2 is 2.24 bits per heavy atom. The van der Waals surface area contributed by atoms with Crippen LogP contribution >= 0.6 is 0 Å². The number of nitrogens with zero attached hydrogens (tertiary/aromatic N) is 1. The molecule has 1 atom stereocenters. The summed E-state index contributed by atoms with van der Waals surface area (Å²) in [4.78, 5) is 13.2. The van der Waals surface area contributed by atoms with Crippen LogP contribution < -0.4 is 0 Å². The topological polar surface area (TPSA) is 40.5 Å². The van der Waals surface area contributed by atoms with Crippen molar-refractivity contribution in [1.29, 1.82) is 0 Å². The summed E-state index contributed by atoms with van der Waals surface area (Å²) in [5.74, 6) is -2.21. The highest BCUT2D eigenvalue weighted by atomic mass is 19.2. The van der Waals surface area contributed by atoms with Crippen LogP contribution in [0.1, 0.15) is 12.0 Å². The number of aliphatic hydroxyl groups is 1.